The second kappa shape index (κ2) is 5.56. The molecule has 2 aromatic rings. The minimum absolute atomic E-state index is 0.0765. The average Bonchev–Trinajstić information content (AvgIpc) is 2.40. The molecule has 0 saturated carbocycles. The van der Waals surface area contributed by atoms with Gasteiger partial charge in [0.25, 0.3) is 0 Å². The van der Waals surface area contributed by atoms with Crippen LogP contribution in [-0.2, 0) is 16.6 Å². The molecule has 0 atom stereocenters. The van der Waals surface area contributed by atoms with Gasteiger partial charge in [-0.25, -0.2) is 21.9 Å². The van der Waals surface area contributed by atoms with E-state index in [9.17, 15) is 17.2 Å². The number of hydrogen-bond donors (Lipinski definition) is 2. The molecule has 0 heterocycles. The number of hydrogen-bond acceptors (Lipinski definition) is 3. The minimum atomic E-state index is -4.01. The van der Waals surface area contributed by atoms with Crippen LogP contribution in [0.25, 0.3) is 0 Å². The smallest absolute Gasteiger partial charge is 0.243 e. The number of halogens is 2. The van der Waals surface area contributed by atoms with Crippen LogP contribution in [0.5, 0.6) is 0 Å². The van der Waals surface area contributed by atoms with E-state index in [1.807, 2.05) is 0 Å². The topological polar surface area (TPSA) is 72.2 Å². The highest BCUT2D eigenvalue weighted by atomic mass is 32.2. The molecular weight excluding hydrogens is 286 g/mol. The molecule has 0 bridgehead atoms. The normalized spacial score (nSPS) is 11.5. The Kier molecular flexibility index (Phi) is 4.01. The Labute approximate surface area is 115 Å². The summed E-state index contributed by atoms with van der Waals surface area (Å²) in [7, 11) is -4.01. The summed E-state index contributed by atoms with van der Waals surface area (Å²) < 4.78 is 52.7. The molecule has 0 radical (unpaired) electrons. The zero-order chi connectivity index (χ0) is 14.8. The van der Waals surface area contributed by atoms with Gasteiger partial charge in [0.1, 0.15) is 16.5 Å². The number of sulfonamides is 1. The summed E-state index contributed by atoms with van der Waals surface area (Å²) in [5.74, 6) is -1.24. The third-order valence-corrected chi connectivity index (χ3v) is 4.13. The van der Waals surface area contributed by atoms with Crippen LogP contribution < -0.4 is 10.5 Å². The van der Waals surface area contributed by atoms with E-state index in [0.29, 0.717) is 0 Å². The quantitative estimate of drug-likeness (QED) is 0.848. The van der Waals surface area contributed by atoms with Crippen molar-refractivity contribution in [2.45, 2.75) is 11.4 Å². The third-order valence-electron chi connectivity index (χ3n) is 2.68. The molecule has 3 N–H and O–H groups in total. The van der Waals surface area contributed by atoms with Crippen molar-refractivity contribution in [3.05, 3.63) is 59.7 Å². The van der Waals surface area contributed by atoms with E-state index in [4.69, 9.17) is 5.73 Å². The van der Waals surface area contributed by atoms with Gasteiger partial charge in [-0.3, -0.25) is 0 Å². The summed E-state index contributed by atoms with van der Waals surface area (Å²) >= 11 is 0. The molecule has 0 aliphatic heterocycles. The van der Waals surface area contributed by atoms with E-state index in [-0.39, 0.29) is 22.7 Å². The van der Waals surface area contributed by atoms with Gasteiger partial charge in [0, 0.05) is 12.1 Å². The van der Waals surface area contributed by atoms with E-state index in [0.717, 1.165) is 18.2 Å². The summed E-state index contributed by atoms with van der Waals surface area (Å²) in [6.45, 7) is -0.245. The van der Waals surface area contributed by atoms with Gasteiger partial charge in [0.15, 0.2) is 0 Å². The zero-order valence-corrected chi connectivity index (χ0v) is 11.1. The molecule has 0 amide bonds. The summed E-state index contributed by atoms with van der Waals surface area (Å²) in [6, 6.07) is 8.80. The average molecular weight is 298 g/mol. The molecule has 20 heavy (non-hydrogen) atoms. The van der Waals surface area contributed by atoms with Crippen LogP contribution >= 0.6 is 0 Å². The number of benzene rings is 2. The largest absolute Gasteiger partial charge is 0.398 e. The monoisotopic (exact) mass is 298 g/mol. The molecule has 0 aliphatic carbocycles. The van der Waals surface area contributed by atoms with Crippen LogP contribution in [0.1, 0.15) is 5.56 Å². The van der Waals surface area contributed by atoms with Gasteiger partial charge < -0.3 is 5.73 Å². The first-order valence-corrected chi connectivity index (χ1v) is 7.16. The standard InChI is InChI=1S/C13H12F2N2O2S/c14-10-5-6-12(16)13(7-10)20(18,19)17-8-9-3-1-2-4-11(9)15/h1-7,17H,8,16H2. The van der Waals surface area contributed by atoms with Crippen molar-refractivity contribution in [2.75, 3.05) is 5.73 Å². The number of anilines is 1. The molecule has 0 aliphatic rings. The first-order chi connectivity index (χ1) is 9.40. The molecule has 106 valence electrons. The summed E-state index contributed by atoms with van der Waals surface area (Å²) in [5.41, 5.74) is 5.62. The maximum absolute atomic E-state index is 13.4. The highest BCUT2D eigenvalue weighted by molar-refractivity contribution is 7.89. The minimum Gasteiger partial charge on any atom is -0.398 e. The van der Waals surface area contributed by atoms with E-state index < -0.39 is 21.7 Å². The molecule has 0 fully saturated rings. The van der Waals surface area contributed by atoms with Crippen molar-refractivity contribution in [1.82, 2.24) is 4.72 Å². The Bertz CT molecular complexity index is 733. The molecule has 0 spiro atoms. The fourth-order valence-electron chi connectivity index (χ4n) is 1.63. The van der Waals surface area contributed by atoms with Crippen molar-refractivity contribution in [3.63, 3.8) is 0 Å². The lowest BCUT2D eigenvalue weighted by molar-refractivity contribution is 0.572. The van der Waals surface area contributed by atoms with E-state index in [1.54, 1.807) is 6.07 Å². The van der Waals surface area contributed by atoms with Crippen LogP contribution in [0.2, 0.25) is 0 Å². The number of rotatable bonds is 4. The maximum Gasteiger partial charge on any atom is 0.243 e. The number of nitrogen functional groups attached to an aromatic ring is 1. The van der Waals surface area contributed by atoms with Crippen LogP contribution in [0.3, 0.4) is 0 Å². The van der Waals surface area contributed by atoms with Crippen LogP contribution in [-0.4, -0.2) is 8.42 Å². The Morgan fingerprint density at radius 3 is 2.50 bits per heavy atom. The number of nitrogens with two attached hydrogens (primary N) is 1. The molecule has 2 rings (SSSR count). The van der Waals surface area contributed by atoms with Gasteiger partial charge in [0.05, 0.1) is 5.69 Å². The van der Waals surface area contributed by atoms with E-state index >= 15 is 0 Å². The highest BCUT2D eigenvalue weighted by Gasteiger charge is 2.18. The van der Waals surface area contributed by atoms with Gasteiger partial charge in [-0.1, -0.05) is 18.2 Å². The molecule has 0 unspecified atom stereocenters. The first kappa shape index (κ1) is 14.4. The predicted octanol–water partition coefficient (Wildman–Crippen LogP) is 2.03. The van der Waals surface area contributed by atoms with Gasteiger partial charge in [-0.2, -0.15) is 0 Å². The second-order valence-electron chi connectivity index (χ2n) is 4.10. The second-order valence-corrected chi connectivity index (χ2v) is 5.83. The van der Waals surface area contributed by atoms with Gasteiger partial charge in [-0.15, -0.1) is 0 Å². The fourth-order valence-corrected chi connectivity index (χ4v) is 2.78. The molecule has 7 heteroatoms. The fraction of sp³-hybridized carbons (Fsp3) is 0.0769. The van der Waals surface area contributed by atoms with Gasteiger partial charge in [-0.05, 0) is 24.3 Å². The lowest BCUT2D eigenvalue weighted by atomic mass is 10.2. The Balaban J connectivity index is 2.24. The lowest BCUT2D eigenvalue weighted by Gasteiger charge is -2.09. The first-order valence-electron chi connectivity index (χ1n) is 5.68. The summed E-state index contributed by atoms with van der Waals surface area (Å²) in [5, 5.41) is 0. The van der Waals surface area contributed by atoms with Crippen LogP contribution in [0.15, 0.2) is 47.4 Å². The molecule has 0 aromatic heterocycles. The van der Waals surface area contributed by atoms with E-state index in [2.05, 4.69) is 4.72 Å². The van der Waals surface area contributed by atoms with Crippen LogP contribution in [0.4, 0.5) is 14.5 Å². The number of nitrogens with one attached hydrogen (secondary N) is 1. The summed E-state index contributed by atoms with van der Waals surface area (Å²) in [6.07, 6.45) is 0. The van der Waals surface area contributed by atoms with E-state index in [1.165, 1.54) is 18.2 Å². The summed E-state index contributed by atoms with van der Waals surface area (Å²) in [4.78, 5) is -0.367. The van der Waals surface area contributed by atoms with Crippen molar-refractivity contribution < 1.29 is 17.2 Å². The maximum atomic E-state index is 13.4. The predicted molar refractivity (Wildman–Crippen MR) is 71.2 cm³/mol. The third kappa shape index (κ3) is 3.12. The van der Waals surface area contributed by atoms with Gasteiger partial charge >= 0.3 is 0 Å². The Hall–Kier alpha value is -1.99. The lowest BCUT2D eigenvalue weighted by Crippen LogP contribution is -2.24. The molecule has 4 nitrogen and oxygen atoms in total. The molecule has 2 aromatic carbocycles. The molecular formula is C13H12F2N2O2S. The van der Waals surface area contributed by atoms with Crippen molar-refractivity contribution in [2.24, 2.45) is 0 Å². The Morgan fingerprint density at radius 1 is 1.10 bits per heavy atom. The van der Waals surface area contributed by atoms with Crippen molar-refractivity contribution >= 4 is 15.7 Å². The zero-order valence-electron chi connectivity index (χ0n) is 10.3. The van der Waals surface area contributed by atoms with Crippen molar-refractivity contribution in [1.29, 1.82) is 0 Å². The molecule has 0 saturated heterocycles. The SMILES string of the molecule is Nc1ccc(F)cc1S(=O)(=O)NCc1ccccc1F. The van der Waals surface area contributed by atoms with Gasteiger partial charge in [0.2, 0.25) is 10.0 Å². The Morgan fingerprint density at radius 2 is 1.80 bits per heavy atom. The highest BCUT2D eigenvalue weighted by Crippen LogP contribution is 2.19. The van der Waals surface area contributed by atoms with Crippen LogP contribution in [0, 0.1) is 11.6 Å². The van der Waals surface area contributed by atoms with Crippen molar-refractivity contribution in [3.8, 4) is 0 Å².